The van der Waals surface area contributed by atoms with E-state index in [2.05, 4.69) is 47.8 Å². The summed E-state index contributed by atoms with van der Waals surface area (Å²) in [7, 11) is 0. The maximum absolute atomic E-state index is 3.42. The molecule has 1 heterocycles. The lowest BCUT2D eigenvalue weighted by Gasteiger charge is -2.09. The van der Waals surface area contributed by atoms with Gasteiger partial charge in [-0.05, 0) is 35.2 Å². The van der Waals surface area contributed by atoms with Crippen LogP contribution in [0.25, 0.3) is 10.8 Å². The normalized spacial score (nSPS) is 19.6. The third-order valence-corrected chi connectivity index (χ3v) is 3.31. The average Bonchev–Trinajstić information content (AvgIpc) is 2.82. The first-order valence-corrected chi connectivity index (χ1v) is 5.63. The van der Waals surface area contributed by atoms with Crippen LogP contribution in [0.3, 0.4) is 0 Å². The standard InChI is InChI=1S/C14H15N.ClH/c1-2-4-12-9-13(6-5-11(12)3-1)14-7-8-15-10-14;/h1-6,9,14-15H,7-8,10H2;1H. The quantitative estimate of drug-likeness (QED) is 0.797. The molecule has 1 N–H and O–H groups in total. The van der Waals surface area contributed by atoms with Crippen molar-refractivity contribution in [2.45, 2.75) is 12.3 Å². The molecule has 0 amide bonds. The summed E-state index contributed by atoms with van der Waals surface area (Å²) in [5.41, 5.74) is 1.48. The number of halogens is 1. The van der Waals surface area contributed by atoms with Gasteiger partial charge >= 0.3 is 0 Å². The molecule has 1 nitrogen and oxygen atoms in total. The van der Waals surface area contributed by atoms with E-state index in [-0.39, 0.29) is 12.4 Å². The zero-order chi connectivity index (χ0) is 10.1. The van der Waals surface area contributed by atoms with Gasteiger partial charge in [-0.3, -0.25) is 0 Å². The van der Waals surface area contributed by atoms with Gasteiger partial charge in [0.1, 0.15) is 0 Å². The molecule has 1 unspecified atom stereocenters. The molecule has 1 aliphatic rings. The molecular weight excluding hydrogens is 218 g/mol. The summed E-state index contributed by atoms with van der Waals surface area (Å²) in [6.45, 7) is 2.30. The van der Waals surface area contributed by atoms with Crippen molar-refractivity contribution in [2.75, 3.05) is 13.1 Å². The molecule has 0 saturated carbocycles. The summed E-state index contributed by atoms with van der Waals surface area (Å²) in [6.07, 6.45) is 1.28. The number of nitrogens with one attached hydrogen (secondary N) is 1. The first-order valence-electron chi connectivity index (χ1n) is 5.63. The molecular formula is C14H16ClN. The third kappa shape index (κ3) is 2.06. The highest BCUT2D eigenvalue weighted by molar-refractivity contribution is 5.85. The summed E-state index contributed by atoms with van der Waals surface area (Å²) < 4.78 is 0. The van der Waals surface area contributed by atoms with Crippen molar-refractivity contribution < 1.29 is 0 Å². The number of fused-ring (bicyclic) bond motifs is 1. The Morgan fingerprint density at radius 1 is 1.00 bits per heavy atom. The highest BCUT2D eigenvalue weighted by atomic mass is 35.5. The largest absolute Gasteiger partial charge is 0.316 e. The topological polar surface area (TPSA) is 12.0 Å². The second-order valence-electron chi connectivity index (χ2n) is 4.30. The van der Waals surface area contributed by atoms with Gasteiger partial charge in [0.05, 0.1) is 0 Å². The van der Waals surface area contributed by atoms with Crippen LogP contribution >= 0.6 is 12.4 Å². The van der Waals surface area contributed by atoms with Gasteiger partial charge in [-0.15, -0.1) is 12.4 Å². The fourth-order valence-electron chi connectivity index (χ4n) is 2.40. The van der Waals surface area contributed by atoms with Gasteiger partial charge in [-0.25, -0.2) is 0 Å². The van der Waals surface area contributed by atoms with Crippen molar-refractivity contribution in [3.8, 4) is 0 Å². The Labute approximate surface area is 102 Å². The molecule has 2 aromatic rings. The van der Waals surface area contributed by atoms with Gasteiger partial charge in [0.2, 0.25) is 0 Å². The minimum atomic E-state index is 0. The van der Waals surface area contributed by atoms with Crippen LogP contribution in [0.4, 0.5) is 0 Å². The van der Waals surface area contributed by atoms with E-state index in [1.54, 1.807) is 0 Å². The van der Waals surface area contributed by atoms with Crippen LogP contribution in [-0.2, 0) is 0 Å². The minimum absolute atomic E-state index is 0. The van der Waals surface area contributed by atoms with Gasteiger partial charge in [0, 0.05) is 6.54 Å². The Bertz CT molecular complexity index is 475. The van der Waals surface area contributed by atoms with Crippen molar-refractivity contribution in [1.29, 1.82) is 0 Å². The Morgan fingerprint density at radius 3 is 2.56 bits per heavy atom. The molecule has 1 saturated heterocycles. The molecule has 0 spiro atoms. The lowest BCUT2D eigenvalue weighted by molar-refractivity contribution is 0.765. The van der Waals surface area contributed by atoms with Crippen LogP contribution in [0.15, 0.2) is 42.5 Å². The van der Waals surface area contributed by atoms with E-state index >= 15 is 0 Å². The molecule has 3 rings (SSSR count). The molecule has 16 heavy (non-hydrogen) atoms. The summed E-state index contributed by atoms with van der Waals surface area (Å²) in [6, 6.07) is 15.4. The number of hydrogen-bond donors (Lipinski definition) is 1. The maximum atomic E-state index is 3.42. The van der Waals surface area contributed by atoms with Crippen LogP contribution in [0.1, 0.15) is 17.9 Å². The third-order valence-electron chi connectivity index (χ3n) is 3.31. The molecule has 0 radical (unpaired) electrons. The van der Waals surface area contributed by atoms with E-state index in [4.69, 9.17) is 0 Å². The molecule has 0 aromatic heterocycles. The predicted molar refractivity (Wildman–Crippen MR) is 71.4 cm³/mol. The number of hydrogen-bond acceptors (Lipinski definition) is 1. The fourth-order valence-corrected chi connectivity index (χ4v) is 2.40. The van der Waals surface area contributed by atoms with Crippen LogP contribution in [-0.4, -0.2) is 13.1 Å². The van der Waals surface area contributed by atoms with Crippen molar-refractivity contribution in [2.24, 2.45) is 0 Å². The van der Waals surface area contributed by atoms with E-state index in [0.717, 1.165) is 19.0 Å². The lowest BCUT2D eigenvalue weighted by Crippen LogP contribution is -2.07. The Hall–Kier alpha value is -1.05. The van der Waals surface area contributed by atoms with Gasteiger partial charge in [0.15, 0.2) is 0 Å². The average molecular weight is 234 g/mol. The number of rotatable bonds is 1. The zero-order valence-corrected chi connectivity index (χ0v) is 9.96. The smallest absolute Gasteiger partial charge is 0.00206 e. The SMILES string of the molecule is Cl.c1ccc2cc(C3CCNC3)ccc2c1. The molecule has 1 aliphatic heterocycles. The van der Waals surface area contributed by atoms with Crippen LogP contribution in [0.2, 0.25) is 0 Å². The first kappa shape index (κ1) is 11.4. The predicted octanol–water partition coefficient (Wildman–Crippen LogP) is 3.34. The van der Waals surface area contributed by atoms with Crippen molar-refractivity contribution >= 4 is 23.2 Å². The first-order chi connectivity index (χ1) is 7.43. The fraction of sp³-hybridized carbons (Fsp3) is 0.286. The van der Waals surface area contributed by atoms with Gasteiger partial charge in [-0.2, -0.15) is 0 Å². The monoisotopic (exact) mass is 233 g/mol. The minimum Gasteiger partial charge on any atom is -0.316 e. The van der Waals surface area contributed by atoms with Crippen LogP contribution in [0, 0.1) is 0 Å². The summed E-state index contributed by atoms with van der Waals surface area (Å²) in [5.74, 6) is 0.717. The van der Waals surface area contributed by atoms with E-state index in [9.17, 15) is 0 Å². The van der Waals surface area contributed by atoms with E-state index in [1.807, 2.05) is 0 Å². The summed E-state index contributed by atoms with van der Waals surface area (Å²) in [4.78, 5) is 0. The summed E-state index contributed by atoms with van der Waals surface area (Å²) in [5, 5.41) is 6.12. The lowest BCUT2D eigenvalue weighted by atomic mass is 9.96. The molecule has 1 fully saturated rings. The van der Waals surface area contributed by atoms with Crippen LogP contribution < -0.4 is 5.32 Å². The highest BCUT2D eigenvalue weighted by Gasteiger charge is 2.16. The second-order valence-corrected chi connectivity index (χ2v) is 4.30. The number of benzene rings is 2. The molecule has 2 aromatic carbocycles. The molecule has 84 valence electrons. The highest BCUT2D eigenvalue weighted by Crippen LogP contribution is 2.25. The summed E-state index contributed by atoms with van der Waals surface area (Å²) >= 11 is 0. The van der Waals surface area contributed by atoms with Crippen molar-refractivity contribution in [1.82, 2.24) is 5.32 Å². The van der Waals surface area contributed by atoms with Crippen LogP contribution in [0.5, 0.6) is 0 Å². The zero-order valence-electron chi connectivity index (χ0n) is 9.15. The van der Waals surface area contributed by atoms with E-state index < -0.39 is 0 Å². The molecule has 1 atom stereocenters. The molecule has 0 bridgehead atoms. The van der Waals surface area contributed by atoms with Gasteiger partial charge in [-0.1, -0.05) is 42.5 Å². The van der Waals surface area contributed by atoms with E-state index in [0.29, 0.717) is 0 Å². The molecule has 2 heteroatoms. The van der Waals surface area contributed by atoms with Gasteiger partial charge in [0.25, 0.3) is 0 Å². The Kier molecular flexibility index (Phi) is 3.47. The Balaban J connectivity index is 0.000000963. The Morgan fingerprint density at radius 2 is 1.81 bits per heavy atom. The van der Waals surface area contributed by atoms with Crippen molar-refractivity contribution in [3.05, 3.63) is 48.0 Å². The maximum Gasteiger partial charge on any atom is 0.00206 e. The van der Waals surface area contributed by atoms with Crippen molar-refractivity contribution in [3.63, 3.8) is 0 Å². The molecule has 0 aliphatic carbocycles. The van der Waals surface area contributed by atoms with E-state index in [1.165, 1.54) is 22.8 Å². The van der Waals surface area contributed by atoms with Gasteiger partial charge < -0.3 is 5.32 Å². The second kappa shape index (κ2) is 4.86.